The van der Waals surface area contributed by atoms with E-state index in [4.69, 9.17) is 16.3 Å². The monoisotopic (exact) mass is 220 g/mol. The molecule has 0 saturated carbocycles. The van der Waals surface area contributed by atoms with Gasteiger partial charge in [-0.2, -0.15) is 0 Å². The first-order valence-electron chi connectivity index (χ1n) is 6.05. The second-order valence-electron chi connectivity index (χ2n) is 3.78. The molecule has 0 aromatic rings. The van der Waals surface area contributed by atoms with Crippen LogP contribution in [0.2, 0.25) is 0 Å². The van der Waals surface area contributed by atoms with Crippen LogP contribution in [0.1, 0.15) is 58.3 Å². The van der Waals surface area contributed by atoms with Crippen LogP contribution in [-0.2, 0) is 4.74 Å². The number of ether oxygens (including phenoxy) is 1. The maximum atomic E-state index is 5.49. The number of unbranched alkanes of at least 4 members (excludes halogenated alkanes) is 7. The molecule has 0 aliphatic carbocycles. The smallest absolute Gasteiger partial charge is 0.0601 e. The van der Waals surface area contributed by atoms with Crippen LogP contribution < -0.4 is 0 Å². The van der Waals surface area contributed by atoms with Crippen molar-refractivity contribution in [3.05, 3.63) is 0 Å². The Morgan fingerprint density at radius 2 is 1.36 bits per heavy atom. The third kappa shape index (κ3) is 12.2. The average Bonchev–Trinajstić information content (AvgIpc) is 2.21. The van der Waals surface area contributed by atoms with Gasteiger partial charge in [-0.25, -0.2) is 0 Å². The summed E-state index contributed by atoms with van der Waals surface area (Å²) in [5, 5.41) is 0. The van der Waals surface area contributed by atoms with Gasteiger partial charge in [-0.15, -0.1) is 11.6 Å². The third-order valence-electron chi connectivity index (χ3n) is 2.36. The zero-order valence-electron chi connectivity index (χ0n) is 9.56. The zero-order chi connectivity index (χ0) is 10.5. The first-order valence-corrected chi connectivity index (χ1v) is 6.59. The SMILES string of the molecule is CCCCCCCCCCOCCCl. The van der Waals surface area contributed by atoms with E-state index in [9.17, 15) is 0 Å². The van der Waals surface area contributed by atoms with Gasteiger partial charge in [-0.3, -0.25) is 0 Å². The van der Waals surface area contributed by atoms with E-state index in [0.717, 1.165) is 6.61 Å². The summed E-state index contributed by atoms with van der Waals surface area (Å²) in [4.78, 5) is 0. The highest BCUT2D eigenvalue weighted by atomic mass is 35.5. The van der Waals surface area contributed by atoms with Crippen LogP contribution in [0.5, 0.6) is 0 Å². The van der Waals surface area contributed by atoms with Crippen molar-refractivity contribution in [3.63, 3.8) is 0 Å². The molecule has 0 aromatic heterocycles. The highest BCUT2D eigenvalue weighted by Gasteiger charge is 1.91. The summed E-state index contributed by atoms with van der Waals surface area (Å²) in [5.74, 6) is 0.622. The van der Waals surface area contributed by atoms with E-state index in [2.05, 4.69) is 6.92 Å². The minimum absolute atomic E-state index is 0.622. The van der Waals surface area contributed by atoms with Crippen LogP contribution >= 0.6 is 11.6 Å². The Bertz CT molecular complexity index is 84.3. The van der Waals surface area contributed by atoms with Crippen molar-refractivity contribution in [2.24, 2.45) is 0 Å². The number of hydrogen-bond acceptors (Lipinski definition) is 1. The largest absolute Gasteiger partial charge is 0.380 e. The predicted molar refractivity (Wildman–Crippen MR) is 64.1 cm³/mol. The van der Waals surface area contributed by atoms with E-state index >= 15 is 0 Å². The Balaban J connectivity index is 2.78. The molecule has 14 heavy (non-hydrogen) atoms. The normalized spacial score (nSPS) is 10.7. The molecule has 0 bridgehead atoms. The van der Waals surface area contributed by atoms with E-state index in [0.29, 0.717) is 12.5 Å². The van der Waals surface area contributed by atoms with E-state index in [1.807, 2.05) is 0 Å². The molecule has 0 rings (SSSR count). The van der Waals surface area contributed by atoms with E-state index in [1.54, 1.807) is 0 Å². The van der Waals surface area contributed by atoms with Gasteiger partial charge in [0.15, 0.2) is 0 Å². The van der Waals surface area contributed by atoms with Gasteiger partial charge in [0.2, 0.25) is 0 Å². The zero-order valence-corrected chi connectivity index (χ0v) is 10.3. The second kappa shape index (κ2) is 13.2. The lowest BCUT2D eigenvalue weighted by Gasteiger charge is -2.02. The van der Waals surface area contributed by atoms with E-state index in [1.165, 1.54) is 51.4 Å². The highest BCUT2D eigenvalue weighted by Crippen LogP contribution is 2.08. The molecule has 1 nitrogen and oxygen atoms in total. The van der Waals surface area contributed by atoms with Gasteiger partial charge in [0.25, 0.3) is 0 Å². The van der Waals surface area contributed by atoms with Crippen LogP contribution in [-0.4, -0.2) is 19.1 Å². The molecule has 0 radical (unpaired) electrons. The topological polar surface area (TPSA) is 9.23 Å². The fourth-order valence-electron chi connectivity index (χ4n) is 1.49. The molecule has 0 amide bonds. The Kier molecular flexibility index (Phi) is 13.5. The van der Waals surface area contributed by atoms with Crippen LogP contribution in [0.25, 0.3) is 0 Å². The quantitative estimate of drug-likeness (QED) is 0.371. The van der Waals surface area contributed by atoms with Crippen LogP contribution in [0.15, 0.2) is 0 Å². The Morgan fingerprint density at radius 3 is 1.93 bits per heavy atom. The van der Waals surface area contributed by atoms with Gasteiger partial charge in [-0.05, 0) is 6.42 Å². The van der Waals surface area contributed by atoms with Gasteiger partial charge in [0.1, 0.15) is 0 Å². The van der Waals surface area contributed by atoms with Crippen molar-refractivity contribution in [2.45, 2.75) is 58.3 Å². The molecule has 0 spiro atoms. The summed E-state index contributed by atoms with van der Waals surface area (Å²) in [5.41, 5.74) is 0. The summed E-state index contributed by atoms with van der Waals surface area (Å²) in [6.45, 7) is 3.86. The lowest BCUT2D eigenvalue weighted by atomic mass is 10.1. The first kappa shape index (κ1) is 14.2. The maximum Gasteiger partial charge on any atom is 0.0601 e. The van der Waals surface area contributed by atoms with Crippen molar-refractivity contribution in [1.29, 1.82) is 0 Å². The molecule has 0 fully saturated rings. The molecular formula is C12H25ClO. The second-order valence-corrected chi connectivity index (χ2v) is 4.15. The molecule has 0 unspecified atom stereocenters. The molecule has 86 valence electrons. The number of halogens is 1. The van der Waals surface area contributed by atoms with Crippen LogP contribution in [0.4, 0.5) is 0 Å². The molecule has 0 N–H and O–H groups in total. The van der Waals surface area contributed by atoms with Crippen molar-refractivity contribution in [1.82, 2.24) is 0 Å². The van der Waals surface area contributed by atoms with E-state index < -0.39 is 0 Å². The Hall–Kier alpha value is 0.250. The molecule has 0 atom stereocenters. The lowest BCUT2D eigenvalue weighted by Crippen LogP contribution is -1.97. The fraction of sp³-hybridized carbons (Fsp3) is 1.00. The van der Waals surface area contributed by atoms with Crippen LogP contribution in [0.3, 0.4) is 0 Å². The van der Waals surface area contributed by atoms with Gasteiger partial charge in [0.05, 0.1) is 6.61 Å². The Morgan fingerprint density at radius 1 is 0.786 bits per heavy atom. The van der Waals surface area contributed by atoms with Crippen molar-refractivity contribution in [3.8, 4) is 0 Å². The number of rotatable bonds is 11. The molecular weight excluding hydrogens is 196 g/mol. The summed E-state index contributed by atoms with van der Waals surface area (Å²) >= 11 is 5.49. The van der Waals surface area contributed by atoms with Gasteiger partial charge < -0.3 is 4.74 Å². The summed E-state index contributed by atoms with van der Waals surface area (Å²) < 4.78 is 5.30. The molecule has 2 heteroatoms. The molecule has 0 aliphatic heterocycles. The molecule has 0 aliphatic rings. The van der Waals surface area contributed by atoms with Crippen LogP contribution in [0, 0.1) is 0 Å². The average molecular weight is 221 g/mol. The number of alkyl halides is 1. The standard InChI is InChI=1S/C12H25ClO/c1-2-3-4-5-6-7-8-9-11-14-12-10-13/h2-12H2,1H3. The van der Waals surface area contributed by atoms with E-state index in [-0.39, 0.29) is 0 Å². The minimum Gasteiger partial charge on any atom is -0.380 e. The van der Waals surface area contributed by atoms with Gasteiger partial charge in [0, 0.05) is 12.5 Å². The van der Waals surface area contributed by atoms with Crippen molar-refractivity contribution < 1.29 is 4.74 Å². The molecule has 0 heterocycles. The van der Waals surface area contributed by atoms with Gasteiger partial charge >= 0.3 is 0 Å². The predicted octanol–water partition coefficient (Wildman–Crippen LogP) is 4.38. The summed E-state index contributed by atoms with van der Waals surface area (Å²) in [6, 6.07) is 0. The highest BCUT2D eigenvalue weighted by molar-refractivity contribution is 6.17. The lowest BCUT2D eigenvalue weighted by molar-refractivity contribution is 0.144. The van der Waals surface area contributed by atoms with Crippen molar-refractivity contribution >= 4 is 11.6 Å². The first-order chi connectivity index (χ1) is 6.91. The molecule has 0 aromatic carbocycles. The maximum absolute atomic E-state index is 5.49. The third-order valence-corrected chi connectivity index (χ3v) is 2.52. The Labute approximate surface area is 94.2 Å². The number of hydrogen-bond donors (Lipinski definition) is 0. The fourth-order valence-corrected chi connectivity index (χ4v) is 1.60. The molecule has 0 saturated heterocycles. The summed E-state index contributed by atoms with van der Waals surface area (Å²) in [7, 11) is 0. The van der Waals surface area contributed by atoms with Gasteiger partial charge in [-0.1, -0.05) is 51.9 Å². The minimum atomic E-state index is 0.622. The summed E-state index contributed by atoms with van der Waals surface area (Å²) in [6.07, 6.45) is 10.9. The van der Waals surface area contributed by atoms with Crippen molar-refractivity contribution in [2.75, 3.05) is 19.1 Å².